The van der Waals surface area contributed by atoms with E-state index < -0.39 is 0 Å². The van der Waals surface area contributed by atoms with Crippen LogP contribution in [0.25, 0.3) is 99.2 Å². The molecular formula is C58H37NO2. The van der Waals surface area contributed by atoms with E-state index in [1.54, 1.807) is 0 Å². The van der Waals surface area contributed by atoms with Gasteiger partial charge in [-0.05, 0) is 111 Å². The SMILES string of the molecule is c1cc(-c2ccc(N(c3ccc(-c4cccc5c4oc4ccccc45)cc3)c3ccccc3-c3ccc4oc5ccccc5c4c3)cc2)cc(-c2ccc3ccccc3c2)c1. The quantitative estimate of drug-likeness (QED) is 0.161. The van der Waals surface area contributed by atoms with Crippen molar-refractivity contribution in [2.24, 2.45) is 0 Å². The van der Waals surface area contributed by atoms with E-state index >= 15 is 0 Å². The summed E-state index contributed by atoms with van der Waals surface area (Å²) in [5.74, 6) is 0. The van der Waals surface area contributed by atoms with Gasteiger partial charge in [-0.15, -0.1) is 0 Å². The molecule has 12 aromatic rings. The van der Waals surface area contributed by atoms with E-state index in [0.717, 1.165) is 88.8 Å². The van der Waals surface area contributed by atoms with E-state index in [1.165, 1.54) is 27.5 Å². The Morgan fingerprint density at radius 3 is 1.62 bits per heavy atom. The van der Waals surface area contributed by atoms with Crippen molar-refractivity contribution in [1.29, 1.82) is 0 Å². The number of nitrogens with zero attached hydrogens (tertiary/aromatic N) is 1. The van der Waals surface area contributed by atoms with Gasteiger partial charge in [0.25, 0.3) is 0 Å². The zero-order chi connectivity index (χ0) is 40.3. The molecule has 0 amide bonds. The van der Waals surface area contributed by atoms with Crippen LogP contribution in [0.1, 0.15) is 0 Å². The van der Waals surface area contributed by atoms with Crippen molar-refractivity contribution in [3.8, 4) is 44.5 Å². The van der Waals surface area contributed by atoms with Gasteiger partial charge in [0.1, 0.15) is 22.3 Å². The third kappa shape index (κ3) is 6.06. The summed E-state index contributed by atoms with van der Waals surface area (Å²) in [5.41, 5.74) is 15.9. The number of hydrogen-bond donors (Lipinski definition) is 0. The van der Waals surface area contributed by atoms with Crippen molar-refractivity contribution in [1.82, 2.24) is 0 Å². The van der Waals surface area contributed by atoms with Crippen LogP contribution in [-0.2, 0) is 0 Å². The van der Waals surface area contributed by atoms with Crippen molar-refractivity contribution in [3.63, 3.8) is 0 Å². The summed E-state index contributed by atoms with van der Waals surface area (Å²) in [6.45, 7) is 0. The molecule has 0 aliphatic rings. The highest BCUT2D eigenvalue weighted by Gasteiger charge is 2.20. The third-order valence-corrected chi connectivity index (χ3v) is 12.1. The number of hydrogen-bond acceptors (Lipinski definition) is 3. The maximum absolute atomic E-state index is 6.45. The van der Waals surface area contributed by atoms with Gasteiger partial charge < -0.3 is 13.7 Å². The summed E-state index contributed by atoms with van der Waals surface area (Å²) in [5, 5.41) is 6.96. The van der Waals surface area contributed by atoms with Crippen molar-refractivity contribution in [3.05, 3.63) is 224 Å². The number of para-hydroxylation sites is 4. The van der Waals surface area contributed by atoms with Crippen LogP contribution in [0.15, 0.2) is 233 Å². The van der Waals surface area contributed by atoms with E-state index in [-0.39, 0.29) is 0 Å². The zero-order valence-corrected chi connectivity index (χ0v) is 33.1. The van der Waals surface area contributed by atoms with Crippen molar-refractivity contribution in [2.75, 3.05) is 4.90 Å². The maximum atomic E-state index is 6.45. The molecule has 0 saturated carbocycles. The summed E-state index contributed by atoms with van der Waals surface area (Å²) in [6.07, 6.45) is 0. The number of fused-ring (bicyclic) bond motifs is 7. The number of furan rings is 2. The molecule has 0 spiro atoms. The first kappa shape index (κ1) is 34.9. The molecule has 3 nitrogen and oxygen atoms in total. The molecule has 3 heteroatoms. The van der Waals surface area contributed by atoms with Crippen LogP contribution in [0.3, 0.4) is 0 Å². The lowest BCUT2D eigenvalue weighted by molar-refractivity contribution is 0.669. The highest BCUT2D eigenvalue weighted by atomic mass is 16.3. The van der Waals surface area contributed by atoms with E-state index in [2.05, 4.69) is 205 Å². The Bertz CT molecular complexity index is 3590. The first-order valence-electron chi connectivity index (χ1n) is 20.7. The fraction of sp³-hybridized carbons (Fsp3) is 0. The van der Waals surface area contributed by atoms with Crippen LogP contribution in [0.4, 0.5) is 17.1 Å². The Labute approximate surface area is 353 Å². The van der Waals surface area contributed by atoms with Crippen LogP contribution < -0.4 is 4.90 Å². The summed E-state index contributed by atoms with van der Waals surface area (Å²) in [7, 11) is 0. The second kappa shape index (κ2) is 14.3. The molecule has 0 saturated heterocycles. The largest absolute Gasteiger partial charge is 0.456 e. The van der Waals surface area contributed by atoms with E-state index in [4.69, 9.17) is 8.83 Å². The Balaban J connectivity index is 0.966. The van der Waals surface area contributed by atoms with E-state index in [0.29, 0.717) is 0 Å². The number of anilines is 3. The molecule has 286 valence electrons. The predicted molar refractivity (Wildman–Crippen MR) is 255 cm³/mol. The topological polar surface area (TPSA) is 29.5 Å². The predicted octanol–water partition coefficient (Wildman–Crippen LogP) is 16.8. The molecule has 12 rings (SSSR count). The van der Waals surface area contributed by atoms with Gasteiger partial charge in [0.05, 0.1) is 5.69 Å². The summed E-state index contributed by atoms with van der Waals surface area (Å²) in [4.78, 5) is 2.37. The van der Waals surface area contributed by atoms with Gasteiger partial charge in [-0.2, -0.15) is 0 Å². The molecule has 2 aromatic heterocycles. The molecule has 0 fully saturated rings. The molecule has 0 N–H and O–H groups in total. The molecule has 0 bridgehead atoms. The van der Waals surface area contributed by atoms with Crippen LogP contribution in [0.5, 0.6) is 0 Å². The molecule has 61 heavy (non-hydrogen) atoms. The first-order valence-corrected chi connectivity index (χ1v) is 20.7. The molecule has 2 heterocycles. The van der Waals surface area contributed by atoms with Gasteiger partial charge in [0.2, 0.25) is 0 Å². The van der Waals surface area contributed by atoms with Crippen LogP contribution in [0, 0.1) is 0 Å². The Hall–Kier alpha value is -8.14. The molecule has 0 radical (unpaired) electrons. The smallest absolute Gasteiger partial charge is 0.143 e. The summed E-state index contributed by atoms with van der Waals surface area (Å²) in [6, 6.07) is 80.1. The lowest BCUT2D eigenvalue weighted by Crippen LogP contribution is -2.11. The van der Waals surface area contributed by atoms with Gasteiger partial charge in [0.15, 0.2) is 0 Å². The normalized spacial score (nSPS) is 11.6. The third-order valence-electron chi connectivity index (χ3n) is 12.1. The Morgan fingerprint density at radius 1 is 0.279 bits per heavy atom. The minimum Gasteiger partial charge on any atom is -0.456 e. The maximum Gasteiger partial charge on any atom is 0.143 e. The molecular weight excluding hydrogens is 743 g/mol. The van der Waals surface area contributed by atoms with Crippen LogP contribution in [-0.4, -0.2) is 0 Å². The molecule has 10 aromatic carbocycles. The van der Waals surface area contributed by atoms with Crippen molar-refractivity contribution >= 4 is 71.7 Å². The number of benzene rings is 10. The van der Waals surface area contributed by atoms with Crippen LogP contribution >= 0.6 is 0 Å². The van der Waals surface area contributed by atoms with Gasteiger partial charge in [0, 0.05) is 44.0 Å². The van der Waals surface area contributed by atoms with E-state index in [1.807, 2.05) is 24.3 Å². The molecule has 0 aliphatic heterocycles. The molecule has 0 atom stereocenters. The van der Waals surface area contributed by atoms with E-state index in [9.17, 15) is 0 Å². The fourth-order valence-corrected chi connectivity index (χ4v) is 9.05. The van der Waals surface area contributed by atoms with Gasteiger partial charge in [-0.25, -0.2) is 0 Å². The average Bonchev–Trinajstić information content (AvgIpc) is 3.91. The average molecular weight is 780 g/mol. The van der Waals surface area contributed by atoms with Crippen LogP contribution in [0.2, 0.25) is 0 Å². The Morgan fingerprint density at radius 2 is 0.820 bits per heavy atom. The highest BCUT2D eigenvalue weighted by molar-refractivity contribution is 6.10. The second-order valence-corrected chi connectivity index (χ2v) is 15.7. The van der Waals surface area contributed by atoms with Gasteiger partial charge in [-0.3, -0.25) is 0 Å². The molecule has 0 unspecified atom stereocenters. The summed E-state index contributed by atoms with van der Waals surface area (Å²) < 4.78 is 12.7. The van der Waals surface area contributed by atoms with Crippen molar-refractivity contribution < 1.29 is 8.83 Å². The lowest BCUT2D eigenvalue weighted by atomic mass is 9.97. The second-order valence-electron chi connectivity index (χ2n) is 15.7. The minimum atomic E-state index is 0.884. The van der Waals surface area contributed by atoms with Gasteiger partial charge in [-0.1, -0.05) is 158 Å². The lowest BCUT2D eigenvalue weighted by Gasteiger charge is -2.28. The summed E-state index contributed by atoms with van der Waals surface area (Å²) >= 11 is 0. The fourth-order valence-electron chi connectivity index (χ4n) is 9.05. The molecule has 0 aliphatic carbocycles. The zero-order valence-electron chi connectivity index (χ0n) is 33.1. The minimum absolute atomic E-state index is 0.884. The van der Waals surface area contributed by atoms with Crippen molar-refractivity contribution in [2.45, 2.75) is 0 Å². The first-order chi connectivity index (χ1) is 30.2. The monoisotopic (exact) mass is 779 g/mol. The number of rotatable bonds is 7. The Kier molecular flexibility index (Phi) is 8.17. The standard InChI is InChI=1S/C58H37NO2/c1-2-12-41-36-44(24-23-38(41)11-1)43-14-9-13-42(35-43)39-25-30-46(31-26-39)59(47-32-27-40(28-33-47)49-18-10-19-52-50-16-4-8-22-56(50)61-58(49)52)54-20-6-3-15-48(54)45-29-34-57-53(37-45)51-17-5-7-21-55(51)60-57/h1-37H. The highest BCUT2D eigenvalue weighted by Crippen LogP contribution is 2.44. The van der Waals surface area contributed by atoms with Gasteiger partial charge >= 0.3 is 0 Å².